The second-order valence-corrected chi connectivity index (χ2v) is 50.9. The molecule has 2 radical (unpaired) electrons. The van der Waals surface area contributed by atoms with Crippen molar-refractivity contribution in [2.24, 2.45) is 176 Å². The van der Waals surface area contributed by atoms with Gasteiger partial charge in [0.25, 0.3) is 0 Å². The standard InChI is InChI=1S/C39H58O5.C39H56O5.C39H56O4.CH3B.CH4S/c2*1-25(23-40)28-15-20-39(34(42)43-24-27-11-9-8-10-12-27)22-21-37(6)29(33(28)39)13-14-31-36(5)18-17-32(44-26(2)41)35(3,4)30(36)16-19-38(31,37)7;1-25(2)28-16-21-39(34(41)42-24-27-12-10-9-11-13-27)23-22-37(7)29(33(28)39)14-15-31-36(6)19-18-32(43-26(3)40)35(4,5)30(36)17-20-38(31,37)8;2*1-2/h8-12,25,28-33,40H,13-24H2,1-7H3;8-12,28-33,40H,1,13-24H2,2-7H3;9-13,28-33H,1,14-24H2,2-8H3;1H3;2H,1H3/t25?,28-,29+,30-,31+,32-,33+,36-,37+,38+,39-;2*28-,29+,30-,31+,32-,33+,36-,37+,38+,39-;;/m000../s1. The molecule has 18 rings (SSSR count). The van der Waals surface area contributed by atoms with Crippen LogP contribution in [0.2, 0.25) is 6.82 Å². The number of thiol groups is 1. The van der Waals surface area contributed by atoms with Crippen LogP contribution in [0.3, 0.4) is 0 Å². The molecule has 15 aliphatic carbocycles. The number of rotatable bonds is 17. The summed E-state index contributed by atoms with van der Waals surface area (Å²) in [5.41, 5.74) is 5.36. The van der Waals surface area contributed by atoms with Crippen LogP contribution in [0, 0.1) is 176 Å². The molecule has 2 N–H and O–H groups in total. The monoisotopic (exact) mass is 1870 g/mol. The number of aliphatic hydroxyl groups is 2. The Morgan fingerprint density at radius 2 is 0.644 bits per heavy atom. The molecule has 0 amide bonds. The van der Waals surface area contributed by atoms with E-state index >= 15 is 0 Å². The van der Waals surface area contributed by atoms with E-state index in [1.54, 1.807) is 27.0 Å². The third-order valence-electron chi connectivity index (χ3n) is 45.3. The first-order valence-corrected chi connectivity index (χ1v) is 54.3. The molecule has 746 valence electrons. The van der Waals surface area contributed by atoms with E-state index in [9.17, 15) is 39.0 Å². The highest BCUT2D eigenvalue weighted by molar-refractivity contribution is 7.79. The van der Waals surface area contributed by atoms with Gasteiger partial charge in [-0.15, -0.1) is 0 Å². The van der Waals surface area contributed by atoms with Crippen LogP contribution in [0.1, 0.15) is 348 Å². The molecule has 0 saturated heterocycles. The summed E-state index contributed by atoms with van der Waals surface area (Å²) in [7, 11) is 4.50. The van der Waals surface area contributed by atoms with E-state index in [-0.39, 0.29) is 156 Å². The lowest BCUT2D eigenvalue weighted by Gasteiger charge is -2.72. The maximum absolute atomic E-state index is 14.3. The van der Waals surface area contributed by atoms with Gasteiger partial charge in [0.2, 0.25) is 0 Å². The first-order chi connectivity index (χ1) is 63.7. The Bertz CT molecular complexity index is 4740. The summed E-state index contributed by atoms with van der Waals surface area (Å²) in [4.78, 5) is 78.8. The van der Waals surface area contributed by atoms with Crippen molar-refractivity contribution >= 4 is 56.3 Å². The van der Waals surface area contributed by atoms with Crippen LogP contribution in [-0.4, -0.2) is 91.7 Å². The van der Waals surface area contributed by atoms with Crippen molar-refractivity contribution in [3.8, 4) is 0 Å². The normalized spacial score (nSPS) is 43.2. The van der Waals surface area contributed by atoms with Crippen LogP contribution in [0.5, 0.6) is 0 Å². The van der Waals surface area contributed by atoms with Crippen molar-refractivity contribution in [1.82, 2.24) is 0 Å². The molecule has 135 heavy (non-hydrogen) atoms. The number of ether oxygens (including phenoxy) is 6. The van der Waals surface area contributed by atoms with E-state index in [1.165, 1.54) is 70.2 Å². The van der Waals surface area contributed by atoms with E-state index in [1.807, 2.05) is 91.0 Å². The van der Waals surface area contributed by atoms with Crippen LogP contribution in [-0.2, 0) is 77.0 Å². The third-order valence-corrected chi connectivity index (χ3v) is 45.3. The predicted molar refractivity (Wildman–Crippen MR) is 542 cm³/mol. The number of esters is 6. The first-order valence-electron chi connectivity index (χ1n) is 53.4. The maximum atomic E-state index is 14.3. The minimum atomic E-state index is -0.504. The molecular formula is C119H177BO14S. The van der Waals surface area contributed by atoms with Crippen molar-refractivity contribution in [3.63, 3.8) is 0 Å². The van der Waals surface area contributed by atoms with E-state index < -0.39 is 16.2 Å². The Hall–Kier alpha value is -5.71. The van der Waals surface area contributed by atoms with Crippen LogP contribution in [0.4, 0.5) is 0 Å². The fourth-order valence-corrected chi connectivity index (χ4v) is 38.5. The van der Waals surface area contributed by atoms with Gasteiger partial charge < -0.3 is 38.6 Å². The molecule has 15 fully saturated rings. The number of hydrogen-bond donors (Lipinski definition) is 3. The topological polar surface area (TPSA) is 198 Å². The smallest absolute Gasteiger partial charge is 0.312 e. The fourth-order valence-electron chi connectivity index (χ4n) is 38.5. The number of benzene rings is 3. The quantitative estimate of drug-likeness (QED) is 0.0379. The van der Waals surface area contributed by atoms with Gasteiger partial charge >= 0.3 is 35.8 Å². The van der Waals surface area contributed by atoms with Gasteiger partial charge in [0.15, 0.2) is 0 Å². The molecule has 0 aliphatic heterocycles. The predicted octanol–water partition coefficient (Wildman–Crippen LogP) is 26.7. The van der Waals surface area contributed by atoms with Crippen molar-refractivity contribution in [3.05, 3.63) is 132 Å². The molecule has 0 heterocycles. The number of aliphatic hydroxyl groups excluding tert-OH is 2. The van der Waals surface area contributed by atoms with Gasteiger partial charge in [-0.1, -0.05) is 227 Å². The number of allylic oxidation sites excluding steroid dienone is 1. The summed E-state index contributed by atoms with van der Waals surface area (Å²) in [6.45, 7) is 58.1. The summed E-state index contributed by atoms with van der Waals surface area (Å²) in [6, 6.07) is 30.2. The number of fused-ring (bicyclic) bond motifs is 21. The largest absolute Gasteiger partial charge is 0.462 e. The van der Waals surface area contributed by atoms with Gasteiger partial charge in [-0.25, -0.2) is 0 Å². The molecule has 1 unspecified atom stereocenters. The lowest BCUT2D eigenvalue weighted by molar-refractivity contribution is -0.252. The molecule has 0 bridgehead atoms. The fraction of sp³-hybridized carbons (Fsp3) is 0.765. The highest BCUT2D eigenvalue weighted by Gasteiger charge is 2.78. The highest BCUT2D eigenvalue weighted by Crippen LogP contribution is 2.83. The average molecular weight is 1870 g/mol. The molecular weight excluding hydrogens is 1700 g/mol. The van der Waals surface area contributed by atoms with Gasteiger partial charge in [0.1, 0.15) is 38.1 Å². The molecule has 0 aromatic heterocycles. The van der Waals surface area contributed by atoms with Crippen LogP contribution >= 0.6 is 12.6 Å². The Kier molecular flexibility index (Phi) is 30.5. The van der Waals surface area contributed by atoms with Crippen LogP contribution < -0.4 is 0 Å². The molecule has 15 aliphatic rings. The second-order valence-electron chi connectivity index (χ2n) is 50.9. The van der Waals surface area contributed by atoms with Gasteiger partial charge in [-0.3, -0.25) is 28.8 Å². The second kappa shape index (κ2) is 39.2. The zero-order chi connectivity index (χ0) is 98.4. The average Bonchev–Trinajstić information content (AvgIpc) is 1.65. The van der Waals surface area contributed by atoms with Gasteiger partial charge in [0, 0.05) is 43.6 Å². The zero-order valence-electron chi connectivity index (χ0n) is 87.6. The summed E-state index contributed by atoms with van der Waals surface area (Å²) >= 11 is 3.53. The molecule has 15 saturated carbocycles. The summed E-state index contributed by atoms with van der Waals surface area (Å²) < 4.78 is 36.3. The minimum absolute atomic E-state index is 0.00589. The SMILES string of the molecule is C=C(C)[C@@H]1CC[C@]2(C(=O)OCc3ccccc3)CC[C@]3(C)[C@H](CC[C@@H]4[C@@]5(C)CC[C@H](OC(C)=O)C(C)(C)[C@@H]5CC[C@]43C)[C@@H]12.C=C(CO)[C@@H]1CC[C@]2(C(=O)OCc3ccccc3)CC[C@]3(C)[C@H](CC[C@@H]4[C@@]5(C)CC[C@H](OC(C)=O)C(C)(C)[C@@H]5CC[C@]43C)[C@@H]12.CC(=O)O[C@H]1CC[C@]2(C)[C@H]3CC[C@@H]4[C@H]5[C@H](C(C)CO)CC[C@]5(C(=O)OCc5ccccc5)CC[C@@]4(C)[C@]3(C)CC[C@H]2C1(C)C.CS.[B]C. The number of carbonyl (C=O) groups excluding carboxylic acids is 6. The van der Waals surface area contributed by atoms with Crippen LogP contribution in [0.15, 0.2) is 115 Å². The number of carbonyl (C=O) groups is 6. The van der Waals surface area contributed by atoms with Crippen molar-refractivity contribution < 1.29 is 67.4 Å². The van der Waals surface area contributed by atoms with Crippen molar-refractivity contribution in [2.75, 3.05) is 19.5 Å². The lowest BCUT2D eigenvalue weighted by atomic mass is 9.32. The zero-order valence-corrected chi connectivity index (χ0v) is 88.5. The molecule has 14 nitrogen and oxygen atoms in total. The Labute approximate surface area is 822 Å². The molecule has 31 atom stereocenters. The Balaban J connectivity index is 0.000000159. The van der Waals surface area contributed by atoms with E-state index in [0.29, 0.717) is 90.8 Å². The first kappa shape index (κ1) is 105. The third kappa shape index (κ3) is 17.1. The lowest BCUT2D eigenvalue weighted by Crippen LogP contribution is -2.67. The van der Waals surface area contributed by atoms with E-state index in [4.69, 9.17) is 28.4 Å². The summed E-state index contributed by atoms with van der Waals surface area (Å²) in [5, 5.41) is 20.7. The summed E-state index contributed by atoms with van der Waals surface area (Å²) in [6.07, 6.45) is 33.5. The van der Waals surface area contributed by atoms with Gasteiger partial charge in [-0.05, 0) is 371 Å². The van der Waals surface area contributed by atoms with Crippen molar-refractivity contribution in [2.45, 2.75) is 376 Å². The number of hydrogen-bond acceptors (Lipinski definition) is 15. The van der Waals surface area contributed by atoms with E-state index in [2.05, 4.69) is 151 Å². The highest BCUT2D eigenvalue weighted by atomic mass is 32.1. The molecule has 3 aromatic carbocycles. The van der Waals surface area contributed by atoms with Gasteiger partial charge in [-0.2, -0.15) is 12.6 Å². The Morgan fingerprint density at radius 3 is 0.941 bits per heavy atom. The minimum Gasteiger partial charge on any atom is -0.462 e. The molecule has 3 aromatic rings. The maximum Gasteiger partial charge on any atom is 0.312 e. The van der Waals surface area contributed by atoms with Crippen LogP contribution in [0.25, 0.3) is 0 Å². The molecule has 16 heteroatoms. The van der Waals surface area contributed by atoms with Crippen molar-refractivity contribution in [1.29, 1.82) is 0 Å². The summed E-state index contributed by atoms with van der Waals surface area (Å²) in [5.74, 6) is 6.11. The Morgan fingerprint density at radius 1 is 0.356 bits per heavy atom. The van der Waals surface area contributed by atoms with Gasteiger partial charge in [0.05, 0.1) is 30.7 Å². The van der Waals surface area contributed by atoms with E-state index in [0.717, 1.165) is 157 Å². The molecule has 0 spiro atoms.